The van der Waals surface area contributed by atoms with Crippen LogP contribution >= 0.6 is 0 Å². The van der Waals surface area contributed by atoms with Gasteiger partial charge in [0.15, 0.2) is 15.1 Å². The van der Waals surface area contributed by atoms with Crippen LogP contribution in [0.1, 0.15) is 37.7 Å². The first-order chi connectivity index (χ1) is 10.7. The fourth-order valence-electron chi connectivity index (χ4n) is 2.29. The molecule has 0 spiro atoms. The number of sulfone groups is 1. The monoisotopic (exact) mass is 360 g/mol. The van der Waals surface area contributed by atoms with Crippen molar-refractivity contribution in [3.8, 4) is 0 Å². The van der Waals surface area contributed by atoms with E-state index in [4.69, 9.17) is 0 Å². The Hall–Kier alpha value is -1.05. The van der Waals surface area contributed by atoms with Gasteiger partial charge in [0.2, 0.25) is 0 Å². The summed E-state index contributed by atoms with van der Waals surface area (Å²) >= 11 is -0.818. The Morgan fingerprint density at radius 1 is 1.17 bits per heavy atom. The van der Waals surface area contributed by atoms with Crippen LogP contribution in [0.5, 0.6) is 0 Å². The maximum absolute atomic E-state index is 12.5. The van der Waals surface area contributed by atoms with Gasteiger partial charge in [-0.2, -0.15) is 0 Å². The quantitative estimate of drug-likeness (QED) is 0.511. The van der Waals surface area contributed by atoms with Crippen molar-refractivity contribution in [3.63, 3.8) is 0 Å². The van der Waals surface area contributed by atoms with Gasteiger partial charge in [-0.3, -0.25) is 4.79 Å². The summed E-state index contributed by atoms with van der Waals surface area (Å²) in [7, 11) is -3.87. The van der Waals surface area contributed by atoms with Gasteiger partial charge in [0.05, 0.1) is 11.2 Å². The largest absolute Gasteiger partial charge is 0.617 e. The zero-order valence-corrected chi connectivity index (χ0v) is 15.2. The number of unbranched alkanes of at least 4 members (excludes halogenated alkanes) is 3. The highest BCUT2D eigenvalue weighted by Gasteiger charge is 2.33. The zero-order chi connectivity index (χ0) is 17.5. The van der Waals surface area contributed by atoms with Crippen molar-refractivity contribution >= 4 is 27.0 Å². The molecule has 2 atom stereocenters. The van der Waals surface area contributed by atoms with Crippen LogP contribution in [0.2, 0.25) is 0 Å². The second kappa shape index (κ2) is 9.30. The predicted molar refractivity (Wildman–Crippen MR) is 91.8 cm³/mol. The minimum Gasteiger partial charge on any atom is -0.617 e. The van der Waals surface area contributed by atoms with Crippen molar-refractivity contribution < 1.29 is 22.9 Å². The van der Waals surface area contributed by atoms with Crippen molar-refractivity contribution in [2.24, 2.45) is 0 Å². The fourth-order valence-corrected chi connectivity index (χ4v) is 4.49. The first-order valence-electron chi connectivity index (χ1n) is 7.58. The molecule has 2 unspecified atom stereocenters. The second-order valence-electron chi connectivity index (χ2n) is 5.67. The average Bonchev–Trinajstić information content (AvgIpc) is 2.45. The van der Waals surface area contributed by atoms with Gasteiger partial charge in [-0.1, -0.05) is 41.7 Å². The molecule has 7 heteroatoms. The number of benzene rings is 1. The van der Waals surface area contributed by atoms with Crippen LogP contribution in [0.3, 0.4) is 0 Å². The van der Waals surface area contributed by atoms with Crippen LogP contribution in [0, 0.1) is 6.92 Å². The Bertz CT molecular complexity index is 593. The predicted octanol–water partition coefficient (Wildman–Crippen LogP) is 2.55. The molecule has 0 aliphatic heterocycles. The molecule has 23 heavy (non-hydrogen) atoms. The number of aliphatic carboxylic acids is 1. The van der Waals surface area contributed by atoms with Gasteiger partial charge in [-0.15, -0.1) is 0 Å². The number of hydrogen-bond donors (Lipinski definition) is 1. The maximum Gasteiger partial charge on any atom is 0.322 e. The lowest BCUT2D eigenvalue weighted by Gasteiger charge is -2.14. The third-order valence-electron chi connectivity index (χ3n) is 3.65. The number of rotatable bonds is 10. The van der Waals surface area contributed by atoms with Crippen LogP contribution < -0.4 is 0 Å². The van der Waals surface area contributed by atoms with Crippen molar-refractivity contribution in [1.29, 1.82) is 0 Å². The molecule has 0 saturated carbocycles. The standard InChI is InChI=1S/C16H24O5S2/c1-13-8-10-14(11-9-13)23(20,21)15(16(17)18)7-5-3-4-6-12-22(2)19/h8-11,15H,3-7,12H2,1-2H3,(H,17,18). The molecule has 0 bridgehead atoms. The summed E-state index contributed by atoms with van der Waals surface area (Å²) in [4.78, 5) is 11.4. The molecule has 0 aliphatic rings. The molecule has 0 aromatic heterocycles. The molecule has 1 aromatic rings. The number of aryl methyl sites for hydroxylation is 1. The molecule has 0 radical (unpaired) electrons. The van der Waals surface area contributed by atoms with Crippen LogP contribution in [-0.4, -0.2) is 41.3 Å². The van der Waals surface area contributed by atoms with Crippen molar-refractivity contribution in [1.82, 2.24) is 0 Å². The van der Waals surface area contributed by atoms with Gasteiger partial charge in [0.25, 0.3) is 0 Å². The molecule has 0 amide bonds. The molecule has 5 nitrogen and oxygen atoms in total. The maximum atomic E-state index is 12.5. The van der Waals surface area contributed by atoms with E-state index in [1.807, 2.05) is 6.92 Å². The highest BCUT2D eigenvalue weighted by atomic mass is 32.2. The van der Waals surface area contributed by atoms with E-state index in [-0.39, 0.29) is 11.3 Å². The number of hydrogen-bond acceptors (Lipinski definition) is 4. The number of carbonyl (C=O) groups is 1. The summed E-state index contributed by atoms with van der Waals surface area (Å²) in [5.74, 6) is -0.676. The topological polar surface area (TPSA) is 94.5 Å². The molecule has 0 heterocycles. The molecular formula is C16H24O5S2. The van der Waals surface area contributed by atoms with Crippen LogP contribution in [0.15, 0.2) is 29.2 Å². The molecule has 1 rings (SSSR count). The van der Waals surface area contributed by atoms with Gasteiger partial charge in [0, 0.05) is 0 Å². The van der Waals surface area contributed by atoms with Crippen molar-refractivity contribution in [2.75, 3.05) is 12.0 Å². The summed E-state index contributed by atoms with van der Waals surface area (Å²) in [6, 6.07) is 6.24. The lowest BCUT2D eigenvalue weighted by Crippen LogP contribution is -2.30. The van der Waals surface area contributed by atoms with Crippen molar-refractivity contribution in [3.05, 3.63) is 29.8 Å². The Balaban J connectivity index is 2.63. The van der Waals surface area contributed by atoms with Crippen LogP contribution in [-0.2, 0) is 25.8 Å². The fraction of sp³-hybridized carbons (Fsp3) is 0.562. The Morgan fingerprint density at radius 2 is 1.74 bits per heavy atom. The highest BCUT2D eigenvalue weighted by molar-refractivity contribution is 7.92. The number of carboxylic acid groups (broad SMARTS) is 1. The average molecular weight is 360 g/mol. The van der Waals surface area contributed by atoms with E-state index in [9.17, 15) is 22.9 Å². The Kier molecular flexibility index (Phi) is 8.08. The van der Waals surface area contributed by atoms with E-state index in [0.717, 1.165) is 24.8 Å². The van der Waals surface area contributed by atoms with E-state index < -0.39 is 32.2 Å². The van der Waals surface area contributed by atoms with Crippen molar-refractivity contribution in [2.45, 2.75) is 49.2 Å². The minimum atomic E-state index is -3.87. The van der Waals surface area contributed by atoms with E-state index >= 15 is 0 Å². The lowest BCUT2D eigenvalue weighted by molar-refractivity contribution is -0.136. The SMILES string of the molecule is Cc1ccc(S(=O)(=O)C(CCCCCC[S+](C)[O-])C(=O)O)cc1. The van der Waals surface area contributed by atoms with Gasteiger partial charge in [-0.05, 0) is 38.3 Å². The van der Waals surface area contributed by atoms with Gasteiger partial charge in [0.1, 0.15) is 5.75 Å². The molecule has 1 N–H and O–H groups in total. The van der Waals surface area contributed by atoms with E-state index in [1.165, 1.54) is 12.1 Å². The first-order valence-corrected chi connectivity index (χ1v) is 10.9. The Labute approximate surface area is 141 Å². The highest BCUT2D eigenvalue weighted by Crippen LogP contribution is 2.21. The normalized spacial score (nSPS) is 14.4. The van der Waals surface area contributed by atoms with E-state index in [1.54, 1.807) is 18.4 Å². The Morgan fingerprint density at radius 3 is 2.26 bits per heavy atom. The third-order valence-corrected chi connectivity index (χ3v) is 6.63. The number of carboxylic acids is 1. The molecule has 1 aromatic carbocycles. The van der Waals surface area contributed by atoms with E-state index in [0.29, 0.717) is 12.2 Å². The first kappa shape index (κ1) is 20.0. The summed E-state index contributed by atoms with van der Waals surface area (Å²) in [6.45, 7) is 1.84. The summed E-state index contributed by atoms with van der Waals surface area (Å²) in [5.41, 5.74) is 0.920. The summed E-state index contributed by atoms with van der Waals surface area (Å²) < 4.78 is 35.9. The zero-order valence-electron chi connectivity index (χ0n) is 13.5. The van der Waals surface area contributed by atoms with Crippen LogP contribution in [0.4, 0.5) is 0 Å². The van der Waals surface area contributed by atoms with Crippen LogP contribution in [0.25, 0.3) is 0 Å². The summed E-state index contributed by atoms with van der Waals surface area (Å²) in [5, 5.41) is 7.87. The van der Waals surface area contributed by atoms with E-state index in [2.05, 4.69) is 0 Å². The van der Waals surface area contributed by atoms with Gasteiger partial charge in [-0.25, -0.2) is 8.42 Å². The molecule has 0 saturated heterocycles. The smallest absolute Gasteiger partial charge is 0.322 e. The third kappa shape index (κ3) is 6.53. The second-order valence-corrected chi connectivity index (χ2v) is 9.35. The lowest BCUT2D eigenvalue weighted by atomic mass is 10.1. The van der Waals surface area contributed by atoms with Gasteiger partial charge >= 0.3 is 5.97 Å². The molecule has 0 fully saturated rings. The molecular weight excluding hydrogens is 336 g/mol. The summed E-state index contributed by atoms with van der Waals surface area (Å²) in [6.07, 6.45) is 4.65. The van der Waals surface area contributed by atoms with Gasteiger partial charge < -0.3 is 9.66 Å². The molecule has 130 valence electrons. The minimum absolute atomic E-state index is 0.0527. The molecule has 0 aliphatic carbocycles.